The number of benzene rings is 2. The van der Waals surface area contributed by atoms with Gasteiger partial charge in [0.1, 0.15) is 11.5 Å². The molecular formula is C30H43N3O3. The van der Waals surface area contributed by atoms with Crippen LogP contribution in [0.5, 0.6) is 11.5 Å². The molecule has 0 saturated carbocycles. The van der Waals surface area contributed by atoms with Crippen molar-refractivity contribution in [2.75, 3.05) is 39.9 Å². The van der Waals surface area contributed by atoms with Gasteiger partial charge in [-0.1, -0.05) is 43.0 Å². The van der Waals surface area contributed by atoms with Crippen LogP contribution in [0, 0.1) is 12.8 Å². The Kier molecular flexibility index (Phi) is 8.94. The lowest BCUT2D eigenvalue weighted by molar-refractivity contribution is -0.0615. The summed E-state index contributed by atoms with van der Waals surface area (Å²) in [5.41, 5.74) is 7.09. The van der Waals surface area contributed by atoms with Crippen LogP contribution < -0.4 is 10.5 Å². The van der Waals surface area contributed by atoms with E-state index in [-0.39, 0.29) is 12.0 Å². The van der Waals surface area contributed by atoms with Gasteiger partial charge in [-0.15, -0.1) is 0 Å². The predicted molar refractivity (Wildman–Crippen MR) is 145 cm³/mol. The second kappa shape index (κ2) is 12.1. The second-order valence-corrected chi connectivity index (χ2v) is 10.4. The van der Waals surface area contributed by atoms with Gasteiger partial charge in [-0.05, 0) is 63.1 Å². The van der Waals surface area contributed by atoms with Crippen LogP contribution in [0.2, 0.25) is 0 Å². The summed E-state index contributed by atoms with van der Waals surface area (Å²) >= 11 is 0. The number of piperidine rings is 1. The highest BCUT2D eigenvalue weighted by molar-refractivity contribution is 5.44. The van der Waals surface area contributed by atoms with Gasteiger partial charge < -0.3 is 30.1 Å². The first kappa shape index (κ1) is 26.5. The number of aliphatic hydroxyl groups is 1. The smallest absolute Gasteiger partial charge is 0.133 e. The number of hydrogen-bond donors (Lipinski definition) is 2. The van der Waals surface area contributed by atoms with E-state index >= 15 is 0 Å². The van der Waals surface area contributed by atoms with Gasteiger partial charge in [-0.25, -0.2) is 0 Å². The average Bonchev–Trinajstić information content (AvgIpc) is 3.34. The molecule has 6 heteroatoms. The summed E-state index contributed by atoms with van der Waals surface area (Å²) in [5.74, 6) is 2.64. The summed E-state index contributed by atoms with van der Waals surface area (Å²) < 4.78 is 11.7. The zero-order valence-corrected chi connectivity index (χ0v) is 22.0. The fourth-order valence-corrected chi connectivity index (χ4v) is 5.73. The number of hydrogen-bond acceptors (Lipinski definition) is 6. The van der Waals surface area contributed by atoms with E-state index in [1.54, 1.807) is 7.11 Å². The van der Waals surface area contributed by atoms with E-state index in [9.17, 15) is 5.11 Å². The SMILES string of the molecule is C=C(N1CC[C@H](N)C1)N1CCC[C@@H]([C@@](O)(CCCCOC)c2ccccc2Oc2ccccc2C)C1. The minimum absolute atomic E-state index is 0.0587. The largest absolute Gasteiger partial charge is 0.457 e. The second-order valence-electron chi connectivity index (χ2n) is 10.4. The van der Waals surface area contributed by atoms with E-state index in [1.807, 2.05) is 55.5 Å². The molecule has 0 spiro atoms. The molecule has 0 radical (unpaired) electrons. The quantitative estimate of drug-likeness (QED) is 0.429. The number of nitrogens with two attached hydrogens (primary N) is 1. The van der Waals surface area contributed by atoms with Crippen LogP contribution in [0.15, 0.2) is 60.9 Å². The summed E-state index contributed by atoms with van der Waals surface area (Å²) in [5, 5.41) is 12.5. The van der Waals surface area contributed by atoms with Gasteiger partial charge in [0, 0.05) is 57.4 Å². The van der Waals surface area contributed by atoms with Gasteiger partial charge >= 0.3 is 0 Å². The lowest BCUT2D eigenvalue weighted by Gasteiger charge is -2.45. The number of nitrogens with zero attached hydrogens (tertiary/aromatic N) is 2. The van der Waals surface area contributed by atoms with Gasteiger partial charge in [0.2, 0.25) is 0 Å². The topological polar surface area (TPSA) is 71.2 Å². The minimum Gasteiger partial charge on any atom is -0.457 e. The number of methoxy groups -OCH3 is 1. The number of rotatable bonds is 11. The molecule has 0 aromatic heterocycles. The van der Waals surface area contributed by atoms with Crippen LogP contribution >= 0.6 is 0 Å². The zero-order chi connectivity index (χ0) is 25.5. The summed E-state index contributed by atoms with van der Waals surface area (Å²) in [6.07, 6.45) is 5.43. The molecule has 6 nitrogen and oxygen atoms in total. The molecule has 4 rings (SSSR count). The van der Waals surface area contributed by atoms with E-state index in [0.717, 1.165) is 86.7 Å². The molecule has 2 aromatic rings. The zero-order valence-electron chi connectivity index (χ0n) is 22.0. The van der Waals surface area contributed by atoms with Gasteiger partial charge in [0.15, 0.2) is 0 Å². The van der Waals surface area contributed by atoms with Crippen LogP contribution in [-0.2, 0) is 10.3 Å². The molecule has 3 atom stereocenters. The summed E-state index contributed by atoms with van der Waals surface area (Å²) in [6.45, 7) is 10.7. The van der Waals surface area contributed by atoms with Crippen molar-refractivity contribution in [1.82, 2.24) is 9.80 Å². The van der Waals surface area contributed by atoms with Gasteiger partial charge in [-0.2, -0.15) is 0 Å². The van der Waals surface area contributed by atoms with Gasteiger partial charge in [-0.3, -0.25) is 0 Å². The van der Waals surface area contributed by atoms with Crippen LogP contribution in [-0.4, -0.2) is 60.8 Å². The Bertz CT molecular complexity index is 1010. The fraction of sp³-hybridized carbons (Fsp3) is 0.533. The molecule has 3 N–H and O–H groups in total. The predicted octanol–water partition coefficient (Wildman–Crippen LogP) is 5.01. The maximum atomic E-state index is 12.5. The van der Waals surface area contributed by atoms with E-state index in [4.69, 9.17) is 15.2 Å². The van der Waals surface area contributed by atoms with Crippen LogP contribution in [0.1, 0.15) is 49.7 Å². The van der Waals surface area contributed by atoms with Crippen LogP contribution in [0.4, 0.5) is 0 Å². The lowest BCUT2D eigenvalue weighted by atomic mass is 9.73. The molecule has 2 aliphatic rings. The Morgan fingerprint density at radius 1 is 1.03 bits per heavy atom. The molecule has 36 heavy (non-hydrogen) atoms. The van der Waals surface area contributed by atoms with Crippen molar-refractivity contribution in [3.8, 4) is 11.5 Å². The fourth-order valence-electron chi connectivity index (χ4n) is 5.73. The number of ether oxygens (including phenoxy) is 2. The highest BCUT2D eigenvalue weighted by atomic mass is 16.5. The molecule has 0 amide bonds. The molecule has 2 heterocycles. The normalized spacial score (nSPS) is 21.9. The summed E-state index contributed by atoms with van der Waals surface area (Å²) in [7, 11) is 1.73. The third-order valence-electron chi connectivity index (χ3n) is 7.87. The van der Waals surface area contributed by atoms with Gasteiger partial charge in [0.05, 0.1) is 11.4 Å². The van der Waals surface area contributed by atoms with E-state index in [0.29, 0.717) is 13.0 Å². The minimum atomic E-state index is -1.02. The Balaban J connectivity index is 1.61. The third-order valence-corrected chi connectivity index (χ3v) is 7.87. The van der Waals surface area contributed by atoms with Crippen molar-refractivity contribution in [2.24, 2.45) is 11.7 Å². The number of para-hydroxylation sites is 2. The third kappa shape index (κ3) is 6.05. The molecule has 196 valence electrons. The molecular weight excluding hydrogens is 450 g/mol. The van der Waals surface area contributed by atoms with Crippen molar-refractivity contribution in [3.63, 3.8) is 0 Å². The van der Waals surface area contributed by atoms with E-state index in [2.05, 4.69) is 16.4 Å². The molecule has 0 unspecified atom stereocenters. The highest BCUT2D eigenvalue weighted by Gasteiger charge is 2.42. The molecule has 0 bridgehead atoms. The van der Waals surface area contributed by atoms with Crippen molar-refractivity contribution in [1.29, 1.82) is 0 Å². The standard InChI is InChI=1S/C30H43N3O3/c1-23-11-4-6-14-28(23)36-29-15-7-5-13-27(29)30(34,17-8-9-20-35-3)25-12-10-18-32(21-25)24(2)33-19-16-26(31)22-33/h4-7,11,13-15,25-26,34H,2,8-10,12,16-22,31H2,1,3H3/t25-,26+,30+/m1/s1. The Morgan fingerprint density at radius 3 is 2.47 bits per heavy atom. The summed E-state index contributed by atoms with van der Waals surface area (Å²) in [6, 6.07) is 16.2. The van der Waals surface area contributed by atoms with Crippen LogP contribution in [0.25, 0.3) is 0 Å². The Morgan fingerprint density at radius 2 is 1.75 bits per heavy atom. The van der Waals surface area contributed by atoms with E-state index < -0.39 is 5.60 Å². The Labute approximate surface area is 216 Å². The molecule has 0 aliphatic carbocycles. The highest BCUT2D eigenvalue weighted by Crippen LogP contribution is 2.45. The first-order valence-corrected chi connectivity index (χ1v) is 13.4. The van der Waals surface area contributed by atoms with Crippen molar-refractivity contribution >= 4 is 0 Å². The lowest BCUT2D eigenvalue weighted by Crippen LogP contribution is -2.48. The molecule has 2 aliphatic heterocycles. The molecule has 2 aromatic carbocycles. The van der Waals surface area contributed by atoms with Crippen LogP contribution in [0.3, 0.4) is 0 Å². The van der Waals surface area contributed by atoms with Gasteiger partial charge in [0.25, 0.3) is 0 Å². The first-order valence-electron chi connectivity index (χ1n) is 13.4. The average molecular weight is 494 g/mol. The Hall–Kier alpha value is -2.54. The van der Waals surface area contributed by atoms with Crippen molar-refractivity contribution in [3.05, 3.63) is 72.1 Å². The first-order chi connectivity index (χ1) is 17.4. The maximum Gasteiger partial charge on any atom is 0.133 e. The molecule has 2 saturated heterocycles. The van der Waals surface area contributed by atoms with Crippen molar-refractivity contribution < 1.29 is 14.6 Å². The van der Waals surface area contributed by atoms with Crippen molar-refractivity contribution in [2.45, 2.75) is 57.1 Å². The number of unbranched alkanes of at least 4 members (excludes halogenated alkanes) is 1. The number of aryl methyl sites for hydroxylation is 1. The monoisotopic (exact) mass is 493 g/mol. The number of likely N-dealkylation sites (tertiary alicyclic amines) is 2. The molecule has 2 fully saturated rings. The maximum absolute atomic E-state index is 12.5. The summed E-state index contributed by atoms with van der Waals surface area (Å²) in [4.78, 5) is 4.66. The van der Waals surface area contributed by atoms with E-state index in [1.165, 1.54) is 0 Å².